The van der Waals surface area contributed by atoms with Crippen LogP contribution in [0.1, 0.15) is 46.0 Å². The normalized spacial score (nSPS) is 10.3. The van der Waals surface area contributed by atoms with Crippen molar-refractivity contribution in [2.45, 2.75) is 26.7 Å². The molecule has 2 amide bonds. The molecular formula is C21H26N2O3. The Morgan fingerprint density at radius 2 is 1.73 bits per heavy atom. The van der Waals surface area contributed by atoms with E-state index in [1.165, 1.54) is 0 Å². The number of benzene rings is 2. The van der Waals surface area contributed by atoms with Crippen molar-refractivity contribution < 1.29 is 14.3 Å². The third-order valence-electron chi connectivity index (χ3n) is 4.19. The number of nitrogens with one attached hydrogen (secondary N) is 1. The van der Waals surface area contributed by atoms with Gasteiger partial charge in [0.15, 0.2) is 0 Å². The summed E-state index contributed by atoms with van der Waals surface area (Å²) in [5.41, 5.74) is 2.71. The Morgan fingerprint density at radius 3 is 2.35 bits per heavy atom. The van der Waals surface area contributed by atoms with Crippen molar-refractivity contribution in [1.82, 2.24) is 4.90 Å². The van der Waals surface area contributed by atoms with E-state index in [2.05, 4.69) is 12.2 Å². The van der Waals surface area contributed by atoms with E-state index in [0.717, 1.165) is 24.9 Å². The fourth-order valence-electron chi connectivity index (χ4n) is 2.60. The van der Waals surface area contributed by atoms with E-state index in [-0.39, 0.29) is 11.8 Å². The number of carbonyl (C=O) groups excluding carboxylic acids is 2. The summed E-state index contributed by atoms with van der Waals surface area (Å²) in [5, 5.41) is 2.86. The number of hydrogen-bond acceptors (Lipinski definition) is 3. The molecule has 0 aliphatic rings. The second-order valence-corrected chi connectivity index (χ2v) is 6.32. The Bertz CT molecular complexity index is 769. The quantitative estimate of drug-likeness (QED) is 0.813. The summed E-state index contributed by atoms with van der Waals surface area (Å²) in [7, 11) is 3.36. The van der Waals surface area contributed by atoms with Gasteiger partial charge in [0, 0.05) is 24.7 Å². The van der Waals surface area contributed by atoms with Crippen molar-refractivity contribution in [3.05, 3.63) is 59.2 Å². The van der Waals surface area contributed by atoms with Gasteiger partial charge in [-0.3, -0.25) is 9.59 Å². The molecule has 1 N–H and O–H groups in total. The van der Waals surface area contributed by atoms with Crippen molar-refractivity contribution in [1.29, 1.82) is 0 Å². The average molecular weight is 354 g/mol. The minimum atomic E-state index is -0.243. The van der Waals surface area contributed by atoms with Crippen LogP contribution in [0, 0.1) is 6.92 Å². The third kappa shape index (κ3) is 4.85. The minimum Gasteiger partial charge on any atom is -0.495 e. The standard InChI is InChI=1S/C21H26N2O3/c1-5-6-13-23(3)21(25)17-10-8-16(9-11-17)20(24)22-18-14-15(2)7-12-19(18)26-4/h7-12,14H,5-6,13H2,1-4H3,(H,22,24). The van der Waals surface area contributed by atoms with E-state index in [1.807, 2.05) is 25.1 Å². The summed E-state index contributed by atoms with van der Waals surface area (Å²) >= 11 is 0. The van der Waals surface area contributed by atoms with Gasteiger partial charge >= 0.3 is 0 Å². The number of unbranched alkanes of at least 4 members (excludes halogenated alkanes) is 1. The van der Waals surface area contributed by atoms with Gasteiger partial charge in [-0.2, -0.15) is 0 Å². The summed E-state index contributed by atoms with van der Waals surface area (Å²) < 4.78 is 5.28. The monoisotopic (exact) mass is 354 g/mol. The van der Waals surface area contributed by atoms with E-state index in [4.69, 9.17) is 4.74 Å². The van der Waals surface area contributed by atoms with Gasteiger partial charge in [-0.05, 0) is 55.3 Å². The molecular weight excluding hydrogens is 328 g/mol. The van der Waals surface area contributed by atoms with Crippen LogP contribution in [-0.4, -0.2) is 37.4 Å². The van der Waals surface area contributed by atoms with Crippen molar-refractivity contribution in [3.8, 4) is 5.75 Å². The molecule has 0 heterocycles. The lowest BCUT2D eigenvalue weighted by molar-refractivity contribution is 0.0792. The zero-order chi connectivity index (χ0) is 19.1. The van der Waals surface area contributed by atoms with Crippen LogP contribution in [0.2, 0.25) is 0 Å². The van der Waals surface area contributed by atoms with Gasteiger partial charge in [-0.25, -0.2) is 0 Å². The van der Waals surface area contributed by atoms with Gasteiger partial charge in [-0.15, -0.1) is 0 Å². The number of amides is 2. The Hall–Kier alpha value is -2.82. The molecule has 5 heteroatoms. The van der Waals surface area contributed by atoms with Crippen LogP contribution in [0.3, 0.4) is 0 Å². The molecule has 5 nitrogen and oxygen atoms in total. The fourth-order valence-corrected chi connectivity index (χ4v) is 2.60. The van der Waals surface area contributed by atoms with Gasteiger partial charge in [0.1, 0.15) is 5.75 Å². The molecule has 26 heavy (non-hydrogen) atoms. The van der Waals surface area contributed by atoms with Gasteiger partial charge in [0.25, 0.3) is 11.8 Å². The molecule has 0 atom stereocenters. The van der Waals surface area contributed by atoms with Crippen molar-refractivity contribution in [2.75, 3.05) is 26.0 Å². The van der Waals surface area contributed by atoms with Crippen LogP contribution in [0.15, 0.2) is 42.5 Å². The fraction of sp³-hybridized carbons (Fsp3) is 0.333. The highest BCUT2D eigenvalue weighted by atomic mass is 16.5. The Kier molecular flexibility index (Phi) is 6.78. The molecule has 0 aliphatic heterocycles. The average Bonchev–Trinajstić information content (AvgIpc) is 2.65. The zero-order valence-electron chi connectivity index (χ0n) is 15.8. The molecule has 0 saturated heterocycles. The lowest BCUT2D eigenvalue weighted by Gasteiger charge is -2.17. The first kappa shape index (κ1) is 19.5. The number of nitrogens with zero attached hydrogens (tertiary/aromatic N) is 1. The maximum Gasteiger partial charge on any atom is 0.255 e. The number of aryl methyl sites for hydroxylation is 1. The predicted molar refractivity (Wildman–Crippen MR) is 104 cm³/mol. The molecule has 2 aromatic rings. The first-order chi connectivity index (χ1) is 12.5. The lowest BCUT2D eigenvalue weighted by atomic mass is 10.1. The summed E-state index contributed by atoms with van der Waals surface area (Å²) in [6.45, 7) is 4.77. The van der Waals surface area contributed by atoms with Crippen LogP contribution in [0.4, 0.5) is 5.69 Å². The molecule has 0 bridgehead atoms. The Labute approximate surface area is 155 Å². The van der Waals surface area contributed by atoms with Crippen LogP contribution in [0.25, 0.3) is 0 Å². The van der Waals surface area contributed by atoms with Crippen molar-refractivity contribution in [2.24, 2.45) is 0 Å². The number of hydrogen-bond donors (Lipinski definition) is 1. The predicted octanol–water partition coefficient (Wildman–Crippen LogP) is 4.13. The number of ether oxygens (including phenoxy) is 1. The highest BCUT2D eigenvalue weighted by Crippen LogP contribution is 2.25. The lowest BCUT2D eigenvalue weighted by Crippen LogP contribution is -2.27. The number of methoxy groups -OCH3 is 1. The Balaban J connectivity index is 2.09. The van der Waals surface area contributed by atoms with Gasteiger partial charge < -0.3 is 15.0 Å². The largest absolute Gasteiger partial charge is 0.495 e. The number of anilines is 1. The second-order valence-electron chi connectivity index (χ2n) is 6.32. The topological polar surface area (TPSA) is 58.6 Å². The summed E-state index contributed by atoms with van der Waals surface area (Å²) in [4.78, 5) is 26.5. The van der Waals surface area contributed by atoms with Crippen molar-refractivity contribution in [3.63, 3.8) is 0 Å². The van der Waals surface area contributed by atoms with E-state index in [0.29, 0.717) is 22.6 Å². The molecule has 0 saturated carbocycles. The molecule has 0 spiro atoms. The van der Waals surface area contributed by atoms with Crippen LogP contribution in [0.5, 0.6) is 5.75 Å². The first-order valence-corrected chi connectivity index (χ1v) is 8.77. The SMILES string of the molecule is CCCCN(C)C(=O)c1ccc(C(=O)Nc2cc(C)ccc2OC)cc1. The minimum absolute atomic E-state index is 0.0363. The number of rotatable bonds is 7. The first-order valence-electron chi connectivity index (χ1n) is 8.77. The highest BCUT2D eigenvalue weighted by Gasteiger charge is 2.14. The van der Waals surface area contributed by atoms with E-state index in [1.54, 1.807) is 43.3 Å². The van der Waals surface area contributed by atoms with E-state index in [9.17, 15) is 9.59 Å². The summed E-state index contributed by atoms with van der Waals surface area (Å²) in [6.07, 6.45) is 2.01. The zero-order valence-corrected chi connectivity index (χ0v) is 15.8. The third-order valence-corrected chi connectivity index (χ3v) is 4.19. The van der Waals surface area contributed by atoms with Crippen LogP contribution in [-0.2, 0) is 0 Å². The van der Waals surface area contributed by atoms with Crippen LogP contribution >= 0.6 is 0 Å². The highest BCUT2D eigenvalue weighted by molar-refractivity contribution is 6.05. The maximum absolute atomic E-state index is 12.5. The number of carbonyl (C=O) groups is 2. The van der Waals surface area contributed by atoms with E-state index >= 15 is 0 Å². The van der Waals surface area contributed by atoms with Gasteiger partial charge in [0.2, 0.25) is 0 Å². The van der Waals surface area contributed by atoms with E-state index < -0.39 is 0 Å². The van der Waals surface area contributed by atoms with Crippen molar-refractivity contribution >= 4 is 17.5 Å². The second kappa shape index (κ2) is 9.04. The smallest absolute Gasteiger partial charge is 0.255 e. The van der Waals surface area contributed by atoms with Crippen LogP contribution < -0.4 is 10.1 Å². The molecule has 0 fully saturated rings. The maximum atomic E-state index is 12.5. The molecule has 2 rings (SSSR count). The Morgan fingerprint density at radius 1 is 1.08 bits per heavy atom. The van der Waals surface area contributed by atoms with Gasteiger partial charge in [-0.1, -0.05) is 19.4 Å². The molecule has 0 unspecified atom stereocenters. The van der Waals surface area contributed by atoms with Gasteiger partial charge in [0.05, 0.1) is 12.8 Å². The summed E-state index contributed by atoms with van der Waals surface area (Å²) in [5.74, 6) is 0.325. The molecule has 138 valence electrons. The molecule has 2 aromatic carbocycles. The summed E-state index contributed by atoms with van der Waals surface area (Å²) in [6, 6.07) is 12.3. The molecule has 0 aromatic heterocycles. The molecule has 0 radical (unpaired) electrons. The molecule has 0 aliphatic carbocycles.